The molecule has 2 heterocycles. The number of aromatic nitrogens is 2. The van der Waals surface area contributed by atoms with Gasteiger partial charge >= 0.3 is 0 Å². The third kappa shape index (κ3) is 2.94. The first-order chi connectivity index (χ1) is 10.6. The summed E-state index contributed by atoms with van der Waals surface area (Å²) >= 11 is 0. The minimum Gasteiger partial charge on any atom is -0.468 e. The molecule has 1 N–H and O–H groups in total. The first-order valence-corrected chi connectivity index (χ1v) is 7.17. The molecule has 0 saturated carbocycles. The molecule has 0 spiro atoms. The average Bonchev–Trinajstić information content (AvgIpc) is 3.18. The fraction of sp³-hybridized carbons (Fsp3) is 0.235. The van der Waals surface area contributed by atoms with Crippen LogP contribution in [0.5, 0.6) is 0 Å². The summed E-state index contributed by atoms with van der Waals surface area (Å²) in [6, 6.07) is 10.4. The molecule has 0 saturated heterocycles. The Morgan fingerprint density at radius 3 is 2.73 bits per heavy atom. The topological polar surface area (TPSA) is 45.1 Å². The maximum absolute atomic E-state index is 13.1. The Bertz CT molecular complexity index is 719. The van der Waals surface area contributed by atoms with Crippen LogP contribution >= 0.6 is 0 Å². The predicted molar refractivity (Wildman–Crippen MR) is 82.6 cm³/mol. The van der Waals surface area contributed by atoms with Crippen LogP contribution in [0.3, 0.4) is 0 Å². The van der Waals surface area contributed by atoms with Crippen molar-refractivity contribution in [1.29, 1.82) is 0 Å². The number of furan rings is 1. The van der Waals surface area contributed by atoms with E-state index in [0.29, 0.717) is 6.54 Å². The Morgan fingerprint density at radius 2 is 2.05 bits per heavy atom. The summed E-state index contributed by atoms with van der Waals surface area (Å²) in [5, 5.41) is 7.13. The molecule has 1 aromatic carbocycles. The highest BCUT2D eigenvalue weighted by Crippen LogP contribution is 2.26. The van der Waals surface area contributed by atoms with Gasteiger partial charge in [0.15, 0.2) is 0 Å². The van der Waals surface area contributed by atoms with E-state index in [1.54, 1.807) is 18.4 Å². The highest BCUT2D eigenvalue weighted by atomic mass is 19.1. The van der Waals surface area contributed by atoms with E-state index < -0.39 is 0 Å². The fourth-order valence-corrected chi connectivity index (χ4v) is 2.45. The van der Waals surface area contributed by atoms with Crippen LogP contribution in [0, 0.1) is 5.82 Å². The smallest absolute Gasteiger partial charge is 0.123 e. The zero-order chi connectivity index (χ0) is 15.5. The molecular formula is C17H18FN3O. The van der Waals surface area contributed by atoms with Crippen LogP contribution < -0.4 is 0 Å². The van der Waals surface area contributed by atoms with Gasteiger partial charge < -0.3 is 4.42 Å². The number of nitrogens with zero attached hydrogens (tertiary/aromatic N) is 2. The van der Waals surface area contributed by atoms with Crippen LogP contribution in [0.15, 0.2) is 53.3 Å². The van der Waals surface area contributed by atoms with E-state index >= 15 is 0 Å². The van der Waals surface area contributed by atoms with E-state index in [1.165, 1.54) is 12.1 Å². The molecule has 1 atom stereocenters. The van der Waals surface area contributed by atoms with Crippen molar-refractivity contribution in [2.24, 2.45) is 0 Å². The maximum Gasteiger partial charge on any atom is 0.123 e. The first kappa shape index (κ1) is 14.5. The molecular weight excluding hydrogens is 281 g/mol. The monoisotopic (exact) mass is 299 g/mol. The van der Waals surface area contributed by atoms with Crippen molar-refractivity contribution < 1.29 is 8.81 Å². The van der Waals surface area contributed by atoms with Crippen LogP contribution in [-0.2, 0) is 6.54 Å². The van der Waals surface area contributed by atoms with Crippen LogP contribution in [0.2, 0.25) is 0 Å². The van der Waals surface area contributed by atoms with Crippen molar-refractivity contribution in [2.75, 3.05) is 7.05 Å². The van der Waals surface area contributed by atoms with Gasteiger partial charge in [-0.05, 0) is 50.4 Å². The molecule has 114 valence electrons. The summed E-state index contributed by atoms with van der Waals surface area (Å²) < 4.78 is 18.5. The molecule has 1 unspecified atom stereocenters. The van der Waals surface area contributed by atoms with E-state index in [9.17, 15) is 4.39 Å². The summed E-state index contributed by atoms with van der Waals surface area (Å²) in [5.41, 5.74) is 2.90. The van der Waals surface area contributed by atoms with Gasteiger partial charge in [-0.2, -0.15) is 5.10 Å². The summed E-state index contributed by atoms with van der Waals surface area (Å²) in [6.07, 6.45) is 3.49. The van der Waals surface area contributed by atoms with Crippen LogP contribution in [-0.4, -0.2) is 22.1 Å². The van der Waals surface area contributed by atoms with E-state index in [2.05, 4.69) is 22.0 Å². The van der Waals surface area contributed by atoms with Crippen molar-refractivity contribution in [1.82, 2.24) is 15.1 Å². The summed E-state index contributed by atoms with van der Waals surface area (Å²) in [6.45, 7) is 2.81. The second-order valence-corrected chi connectivity index (χ2v) is 5.38. The van der Waals surface area contributed by atoms with Gasteiger partial charge in [-0.25, -0.2) is 4.39 Å². The Hall–Kier alpha value is -2.40. The zero-order valence-corrected chi connectivity index (χ0v) is 12.6. The lowest BCUT2D eigenvalue weighted by Crippen LogP contribution is -2.21. The first-order valence-electron chi connectivity index (χ1n) is 7.17. The Labute approximate surface area is 128 Å². The van der Waals surface area contributed by atoms with Gasteiger partial charge in [-0.15, -0.1) is 0 Å². The quantitative estimate of drug-likeness (QED) is 0.774. The molecule has 0 bridgehead atoms. The number of hydrogen-bond donors (Lipinski definition) is 1. The predicted octanol–water partition coefficient (Wildman–Crippen LogP) is 4.00. The molecule has 3 rings (SSSR count). The second-order valence-electron chi connectivity index (χ2n) is 5.38. The number of benzene rings is 1. The van der Waals surface area contributed by atoms with Gasteiger partial charge in [-0.3, -0.25) is 10.00 Å². The third-order valence-electron chi connectivity index (χ3n) is 3.89. The highest BCUT2D eigenvalue weighted by Gasteiger charge is 2.17. The molecule has 4 nitrogen and oxygen atoms in total. The largest absolute Gasteiger partial charge is 0.468 e. The van der Waals surface area contributed by atoms with E-state index in [4.69, 9.17) is 4.42 Å². The minimum absolute atomic E-state index is 0.158. The minimum atomic E-state index is -0.242. The molecule has 3 aromatic rings. The van der Waals surface area contributed by atoms with Gasteiger partial charge in [-0.1, -0.05) is 0 Å². The molecule has 0 amide bonds. The van der Waals surface area contributed by atoms with E-state index in [0.717, 1.165) is 22.6 Å². The van der Waals surface area contributed by atoms with Crippen molar-refractivity contribution in [2.45, 2.75) is 19.5 Å². The van der Waals surface area contributed by atoms with Crippen molar-refractivity contribution in [3.05, 3.63) is 66.0 Å². The second kappa shape index (κ2) is 6.15. The Kier molecular flexibility index (Phi) is 4.06. The van der Waals surface area contributed by atoms with Crippen molar-refractivity contribution >= 4 is 0 Å². The summed E-state index contributed by atoms with van der Waals surface area (Å²) in [7, 11) is 2.04. The van der Waals surface area contributed by atoms with Gasteiger partial charge in [0.05, 0.1) is 24.2 Å². The van der Waals surface area contributed by atoms with Gasteiger partial charge in [0.25, 0.3) is 0 Å². The van der Waals surface area contributed by atoms with Crippen molar-refractivity contribution in [3.8, 4) is 11.3 Å². The van der Waals surface area contributed by atoms with Crippen LogP contribution in [0.4, 0.5) is 4.39 Å². The number of aromatic amines is 1. The molecule has 0 radical (unpaired) electrons. The molecule has 22 heavy (non-hydrogen) atoms. The van der Waals surface area contributed by atoms with Gasteiger partial charge in [0.1, 0.15) is 11.6 Å². The lowest BCUT2D eigenvalue weighted by molar-refractivity contribution is 0.223. The lowest BCUT2D eigenvalue weighted by atomic mass is 10.1. The average molecular weight is 299 g/mol. The molecule has 0 aliphatic heterocycles. The SMILES string of the molecule is CC(c1ccco1)N(C)Cc1cn[nH]c1-c1ccc(F)cc1. The van der Waals surface area contributed by atoms with Gasteiger partial charge in [0.2, 0.25) is 0 Å². The Morgan fingerprint density at radius 1 is 1.27 bits per heavy atom. The molecule has 0 aliphatic carbocycles. The number of rotatable bonds is 5. The molecule has 0 aliphatic rings. The molecule has 2 aromatic heterocycles. The number of nitrogens with one attached hydrogen (secondary N) is 1. The number of hydrogen-bond acceptors (Lipinski definition) is 3. The van der Waals surface area contributed by atoms with E-state index in [-0.39, 0.29) is 11.9 Å². The van der Waals surface area contributed by atoms with Crippen LogP contribution in [0.25, 0.3) is 11.3 Å². The molecule has 0 fully saturated rings. The lowest BCUT2D eigenvalue weighted by Gasteiger charge is -2.22. The third-order valence-corrected chi connectivity index (χ3v) is 3.89. The van der Waals surface area contributed by atoms with E-state index in [1.807, 2.05) is 25.4 Å². The maximum atomic E-state index is 13.1. The number of H-pyrrole nitrogens is 1. The van der Waals surface area contributed by atoms with Crippen LogP contribution in [0.1, 0.15) is 24.3 Å². The van der Waals surface area contributed by atoms with Gasteiger partial charge in [0, 0.05) is 17.7 Å². The normalized spacial score (nSPS) is 12.7. The van der Waals surface area contributed by atoms with Crippen molar-refractivity contribution in [3.63, 3.8) is 0 Å². The fourth-order valence-electron chi connectivity index (χ4n) is 2.45. The zero-order valence-electron chi connectivity index (χ0n) is 12.6. The summed E-state index contributed by atoms with van der Waals surface area (Å²) in [4.78, 5) is 2.18. The standard InChI is InChI=1S/C17H18FN3O/c1-12(16-4-3-9-22-16)21(2)11-14-10-19-20-17(14)13-5-7-15(18)8-6-13/h3-10,12H,11H2,1-2H3,(H,19,20). The summed E-state index contributed by atoms with van der Waals surface area (Å²) in [5.74, 6) is 0.683. The molecule has 5 heteroatoms. The Balaban J connectivity index is 1.79. The highest BCUT2D eigenvalue weighted by molar-refractivity contribution is 5.62. The number of halogens is 1.